The maximum absolute atomic E-state index is 13.2. The van der Waals surface area contributed by atoms with Crippen molar-refractivity contribution in [2.24, 2.45) is 11.7 Å². The van der Waals surface area contributed by atoms with E-state index >= 15 is 0 Å². The molecule has 0 spiro atoms. The van der Waals surface area contributed by atoms with Crippen molar-refractivity contribution < 1.29 is 4.79 Å². The van der Waals surface area contributed by atoms with Crippen molar-refractivity contribution in [1.82, 2.24) is 5.32 Å². The predicted molar refractivity (Wildman–Crippen MR) is 144 cm³/mol. The van der Waals surface area contributed by atoms with Gasteiger partial charge in [0.05, 0.1) is 6.04 Å². The summed E-state index contributed by atoms with van der Waals surface area (Å²) in [7, 11) is 0. The second-order valence-corrected chi connectivity index (χ2v) is 9.87. The van der Waals surface area contributed by atoms with E-state index in [9.17, 15) is 4.79 Å². The van der Waals surface area contributed by atoms with Gasteiger partial charge in [-0.2, -0.15) is 0 Å². The fourth-order valence-corrected chi connectivity index (χ4v) is 4.75. The third kappa shape index (κ3) is 10.8. The van der Waals surface area contributed by atoms with Crippen LogP contribution in [0.4, 0.5) is 0 Å². The zero-order valence-electron chi connectivity index (χ0n) is 21.3. The Labute approximate surface area is 202 Å². The molecule has 0 aliphatic heterocycles. The van der Waals surface area contributed by atoms with Crippen LogP contribution >= 0.6 is 0 Å². The molecule has 0 amide bonds. The van der Waals surface area contributed by atoms with E-state index in [1.807, 2.05) is 0 Å². The van der Waals surface area contributed by atoms with Crippen LogP contribution in [0.25, 0.3) is 10.8 Å². The highest BCUT2D eigenvalue weighted by Crippen LogP contribution is 2.21. The van der Waals surface area contributed by atoms with E-state index in [1.54, 1.807) is 0 Å². The quantitative estimate of drug-likeness (QED) is 0.221. The first kappa shape index (κ1) is 27.5. The molecule has 3 N–H and O–H groups in total. The molecule has 3 heteroatoms. The van der Waals surface area contributed by atoms with Gasteiger partial charge in [0.25, 0.3) is 0 Å². The number of unbranched alkanes of at least 4 members (excludes halogenated alkanes) is 7. The van der Waals surface area contributed by atoms with Crippen LogP contribution in [-0.2, 0) is 11.2 Å². The molecule has 2 atom stereocenters. The van der Waals surface area contributed by atoms with Crippen LogP contribution < -0.4 is 11.1 Å². The summed E-state index contributed by atoms with van der Waals surface area (Å²) in [6.45, 7) is 6.21. The Morgan fingerprint density at radius 3 is 2.33 bits per heavy atom. The average Bonchev–Trinajstić information content (AvgIpc) is 2.83. The van der Waals surface area contributed by atoms with Crippen molar-refractivity contribution in [1.29, 1.82) is 0 Å². The number of rotatable bonds is 19. The number of carbonyl (C=O) groups is 1. The molecule has 33 heavy (non-hydrogen) atoms. The van der Waals surface area contributed by atoms with E-state index in [2.05, 4.69) is 61.6 Å². The van der Waals surface area contributed by atoms with Gasteiger partial charge in [0.2, 0.25) is 0 Å². The number of benzene rings is 2. The first-order chi connectivity index (χ1) is 16.2. The Morgan fingerprint density at radius 1 is 0.879 bits per heavy atom. The van der Waals surface area contributed by atoms with Gasteiger partial charge in [0.1, 0.15) is 5.78 Å². The molecule has 0 saturated carbocycles. The van der Waals surface area contributed by atoms with E-state index < -0.39 is 0 Å². The maximum Gasteiger partial charge on any atom is 0.150 e. The first-order valence-corrected chi connectivity index (χ1v) is 13.6. The normalized spacial score (nSPS) is 13.3. The lowest BCUT2D eigenvalue weighted by Crippen LogP contribution is -2.38. The van der Waals surface area contributed by atoms with E-state index in [0.717, 1.165) is 45.2 Å². The van der Waals surface area contributed by atoms with Crippen LogP contribution in [0.3, 0.4) is 0 Å². The molecule has 0 aliphatic rings. The Balaban J connectivity index is 1.80. The van der Waals surface area contributed by atoms with Gasteiger partial charge in [-0.05, 0) is 61.0 Å². The molecule has 2 aromatic carbocycles. The number of nitrogens with one attached hydrogen (secondary N) is 1. The molecule has 0 fully saturated rings. The highest BCUT2D eigenvalue weighted by atomic mass is 16.1. The molecule has 0 saturated heterocycles. The molecule has 184 valence electrons. The summed E-state index contributed by atoms with van der Waals surface area (Å²) in [6.07, 6.45) is 14.9. The number of ketones is 1. The third-order valence-corrected chi connectivity index (χ3v) is 6.84. The van der Waals surface area contributed by atoms with Crippen molar-refractivity contribution in [3.63, 3.8) is 0 Å². The first-order valence-electron chi connectivity index (χ1n) is 13.6. The summed E-state index contributed by atoms with van der Waals surface area (Å²) < 4.78 is 0. The van der Waals surface area contributed by atoms with E-state index in [4.69, 9.17) is 5.73 Å². The van der Waals surface area contributed by atoms with E-state index in [1.165, 1.54) is 61.3 Å². The number of aryl methyl sites for hydroxylation is 1. The number of nitrogens with two attached hydrogens (primary N) is 1. The SMILES string of the molecule is CCCCNC(CCc1cccc2ccccc12)C(=O)CC(C)CCCCCCCCCN. The fourth-order valence-electron chi connectivity index (χ4n) is 4.75. The molecular formula is C30H48N2O. The van der Waals surface area contributed by atoms with Gasteiger partial charge in [-0.3, -0.25) is 4.79 Å². The molecular weight excluding hydrogens is 404 g/mol. The van der Waals surface area contributed by atoms with Gasteiger partial charge in [-0.1, -0.05) is 108 Å². The van der Waals surface area contributed by atoms with Crippen LogP contribution in [0.15, 0.2) is 42.5 Å². The van der Waals surface area contributed by atoms with Crippen LogP contribution in [0, 0.1) is 5.92 Å². The summed E-state index contributed by atoms with van der Waals surface area (Å²) in [5.41, 5.74) is 6.91. The summed E-state index contributed by atoms with van der Waals surface area (Å²) in [5.74, 6) is 0.878. The van der Waals surface area contributed by atoms with Gasteiger partial charge in [-0.25, -0.2) is 0 Å². The van der Waals surface area contributed by atoms with Crippen molar-refractivity contribution in [3.05, 3.63) is 48.0 Å². The lowest BCUT2D eigenvalue weighted by atomic mass is 9.91. The molecule has 0 aliphatic carbocycles. The second-order valence-electron chi connectivity index (χ2n) is 9.87. The number of Topliss-reactive ketones (excluding diaryl/α,β-unsaturated/α-hetero) is 1. The number of carbonyl (C=O) groups excluding carboxylic acids is 1. The molecule has 2 aromatic rings. The largest absolute Gasteiger partial charge is 0.330 e. The lowest BCUT2D eigenvalue weighted by Gasteiger charge is -2.20. The fraction of sp³-hybridized carbons (Fsp3) is 0.633. The van der Waals surface area contributed by atoms with Crippen molar-refractivity contribution in [2.75, 3.05) is 13.1 Å². The minimum atomic E-state index is -0.0273. The molecule has 0 radical (unpaired) electrons. The van der Waals surface area contributed by atoms with Crippen LogP contribution in [0.5, 0.6) is 0 Å². The zero-order chi connectivity index (χ0) is 23.7. The maximum atomic E-state index is 13.2. The van der Waals surface area contributed by atoms with Crippen LogP contribution in [0.2, 0.25) is 0 Å². The smallest absolute Gasteiger partial charge is 0.150 e. The molecule has 0 bridgehead atoms. The number of hydrogen-bond donors (Lipinski definition) is 2. The Kier molecular flexibility index (Phi) is 14.0. The molecule has 3 nitrogen and oxygen atoms in total. The third-order valence-electron chi connectivity index (χ3n) is 6.84. The highest BCUT2D eigenvalue weighted by molar-refractivity contribution is 5.86. The van der Waals surface area contributed by atoms with Gasteiger partial charge >= 0.3 is 0 Å². The molecule has 2 unspecified atom stereocenters. The van der Waals surface area contributed by atoms with Gasteiger partial charge in [0, 0.05) is 6.42 Å². The lowest BCUT2D eigenvalue weighted by molar-refractivity contribution is -0.122. The van der Waals surface area contributed by atoms with Crippen molar-refractivity contribution in [3.8, 4) is 0 Å². The van der Waals surface area contributed by atoms with Crippen LogP contribution in [0.1, 0.15) is 96.5 Å². The number of hydrogen-bond acceptors (Lipinski definition) is 3. The van der Waals surface area contributed by atoms with E-state index in [-0.39, 0.29) is 6.04 Å². The second kappa shape index (κ2) is 16.8. The Morgan fingerprint density at radius 2 is 1.58 bits per heavy atom. The summed E-state index contributed by atoms with van der Waals surface area (Å²) in [6, 6.07) is 15.1. The predicted octanol–water partition coefficient (Wildman–Crippen LogP) is 7.21. The minimum Gasteiger partial charge on any atom is -0.330 e. The van der Waals surface area contributed by atoms with Crippen LogP contribution in [-0.4, -0.2) is 24.9 Å². The summed E-state index contributed by atoms with van der Waals surface area (Å²) in [5, 5.41) is 6.18. The average molecular weight is 453 g/mol. The molecule has 2 rings (SSSR count). The zero-order valence-corrected chi connectivity index (χ0v) is 21.3. The van der Waals surface area contributed by atoms with Crippen molar-refractivity contribution >= 4 is 16.6 Å². The summed E-state index contributed by atoms with van der Waals surface area (Å²) >= 11 is 0. The topological polar surface area (TPSA) is 55.1 Å². The minimum absolute atomic E-state index is 0.0273. The standard InChI is InChI=1S/C30H48N2O/c1-3-4-23-32-29(21-20-27-18-14-17-26-16-11-12-19-28(26)27)30(33)24-25(2)15-10-8-6-5-7-9-13-22-31/h11-12,14,16-19,25,29,32H,3-10,13,15,20-24,31H2,1-2H3. The monoisotopic (exact) mass is 452 g/mol. The molecule has 0 aromatic heterocycles. The van der Waals surface area contributed by atoms with Gasteiger partial charge < -0.3 is 11.1 Å². The summed E-state index contributed by atoms with van der Waals surface area (Å²) in [4.78, 5) is 13.2. The number of fused-ring (bicyclic) bond motifs is 1. The molecule has 0 heterocycles. The Hall–Kier alpha value is -1.71. The van der Waals surface area contributed by atoms with Gasteiger partial charge in [0.15, 0.2) is 0 Å². The van der Waals surface area contributed by atoms with Crippen molar-refractivity contribution in [2.45, 2.75) is 103 Å². The van der Waals surface area contributed by atoms with Gasteiger partial charge in [-0.15, -0.1) is 0 Å². The Bertz CT molecular complexity index is 782. The highest BCUT2D eigenvalue weighted by Gasteiger charge is 2.20. The van der Waals surface area contributed by atoms with E-state index in [0.29, 0.717) is 18.1 Å².